The first-order valence-corrected chi connectivity index (χ1v) is 6.39. The summed E-state index contributed by atoms with van der Waals surface area (Å²) in [6.45, 7) is 5.38. The molecule has 1 aromatic carbocycles. The standard InChI is InChI=1S/C15H17ClO4/c1-15(2,3)20-13(17)8-6-10-5-7-11(12(16)9-10)14(18)19-4/h5-9H,1-4H3/b8-6+. The Hall–Kier alpha value is -1.81. The highest BCUT2D eigenvalue weighted by Gasteiger charge is 2.14. The van der Waals surface area contributed by atoms with Crippen LogP contribution >= 0.6 is 11.6 Å². The lowest BCUT2D eigenvalue weighted by Crippen LogP contribution is -2.22. The summed E-state index contributed by atoms with van der Waals surface area (Å²) in [7, 11) is 1.29. The molecule has 0 aliphatic rings. The predicted molar refractivity (Wildman–Crippen MR) is 77.7 cm³/mol. The summed E-state index contributed by atoms with van der Waals surface area (Å²) in [4.78, 5) is 22.9. The maximum Gasteiger partial charge on any atom is 0.339 e. The average Bonchev–Trinajstić information content (AvgIpc) is 2.33. The zero-order valence-corrected chi connectivity index (χ0v) is 12.7. The van der Waals surface area contributed by atoms with Gasteiger partial charge < -0.3 is 9.47 Å². The van der Waals surface area contributed by atoms with Crippen molar-refractivity contribution in [2.45, 2.75) is 26.4 Å². The second-order valence-corrected chi connectivity index (χ2v) is 5.50. The molecule has 0 saturated heterocycles. The van der Waals surface area contributed by atoms with Gasteiger partial charge in [-0.25, -0.2) is 9.59 Å². The van der Waals surface area contributed by atoms with E-state index in [4.69, 9.17) is 16.3 Å². The molecule has 0 radical (unpaired) electrons. The van der Waals surface area contributed by atoms with Crippen LogP contribution in [0.25, 0.3) is 6.08 Å². The van der Waals surface area contributed by atoms with Crippen LogP contribution in [0.4, 0.5) is 0 Å². The Kier molecular flexibility index (Phi) is 5.34. The van der Waals surface area contributed by atoms with Gasteiger partial charge in [-0.2, -0.15) is 0 Å². The van der Waals surface area contributed by atoms with Gasteiger partial charge in [0, 0.05) is 6.08 Å². The molecular formula is C15H17ClO4. The number of halogens is 1. The molecule has 4 nitrogen and oxygen atoms in total. The lowest BCUT2D eigenvalue weighted by Gasteiger charge is -2.17. The van der Waals surface area contributed by atoms with Crippen LogP contribution in [0.15, 0.2) is 24.3 Å². The maximum absolute atomic E-state index is 11.5. The van der Waals surface area contributed by atoms with Crippen molar-refractivity contribution < 1.29 is 19.1 Å². The molecular weight excluding hydrogens is 280 g/mol. The van der Waals surface area contributed by atoms with E-state index in [1.165, 1.54) is 13.2 Å². The third-order valence-electron chi connectivity index (χ3n) is 2.22. The number of ether oxygens (including phenoxy) is 2. The molecule has 0 aliphatic heterocycles. The van der Waals surface area contributed by atoms with Crippen molar-refractivity contribution in [1.29, 1.82) is 0 Å². The van der Waals surface area contributed by atoms with Crippen molar-refractivity contribution >= 4 is 29.6 Å². The number of rotatable bonds is 3. The van der Waals surface area contributed by atoms with Gasteiger partial charge in [0.1, 0.15) is 5.60 Å². The molecule has 0 fully saturated rings. The first kappa shape index (κ1) is 16.2. The minimum absolute atomic E-state index is 0.267. The highest BCUT2D eigenvalue weighted by atomic mass is 35.5. The quantitative estimate of drug-likeness (QED) is 0.633. The first-order chi connectivity index (χ1) is 9.23. The van der Waals surface area contributed by atoms with Gasteiger partial charge in [-0.05, 0) is 44.5 Å². The number of hydrogen-bond acceptors (Lipinski definition) is 4. The molecule has 108 valence electrons. The molecule has 0 saturated carbocycles. The van der Waals surface area contributed by atoms with E-state index >= 15 is 0 Å². The van der Waals surface area contributed by atoms with Crippen LogP contribution in [-0.4, -0.2) is 24.6 Å². The first-order valence-electron chi connectivity index (χ1n) is 6.02. The minimum Gasteiger partial charge on any atom is -0.465 e. The molecule has 0 N–H and O–H groups in total. The zero-order valence-electron chi connectivity index (χ0n) is 11.9. The Morgan fingerprint density at radius 2 is 1.90 bits per heavy atom. The summed E-state index contributed by atoms with van der Waals surface area (Å²) in [5.74, 6) is -0.941. The van der Waals surface area contributed by atoms with Crippen molar-refractivity contribution in [3.8, 4) is 0 Å². The van der Waals surface area contributed by atoms with Gasteiger partial charge in [-0.3, -0.25) is 0 Å². The van der Waals surface area contributed by atoms with Crippen LogP contribution < -0.4 is 0 Å². The van der Waals surface area contributed by atoms with Crippen LogP contribution in [0.3, 0.4) is 0 Å². The second-order valence-electron chi connectivity index (χ2n) is 5.10. The average molecular weight is 297 g/mol. The smallest absolute Gasteiger partial charge is 0.339 e. The molecule has 1 aromatic rings. The summed E-state index contributed by atoms with van der Waals surface area (Å²) >= 11 is 5.97. The van der Waals surface area contributed by atoms with E-state index in [1.807, 2.05) is 0 Å². The van der Waals surface area contributed by atoms with Crippen molar-refractivity contribution in [3.05, 3.63) is 40.4 Å². The van der Waals surface area contributed by atoms with Gasteiger partial charge in [-0.15, -0.1) is 0 Å². The molecule has 5 heteroatoms. The van der Waals surface area contributed by atoms with Crippen LogP contribution in [0.5, 0.6) is 0 Å². The Morgan fingerprint density at radius 3 is 2.40 bits per heavy atom. The van der Waals surface area contributed by atoms with Crippen LogP contribution in [0, 0.1) is 0 Å². The number of carbonyl (C=O) groups excluding carboxylic acids is 2. The summed E-state index contributed by atoms with van der Waals surface area (Å²) in [6.07, 6.45) is 2.88. The predicted octanol–water partition coefficient (Wildman–Crippen LogP) is 3.48. The minimum atomic E-state index is -0.534. The Morgan fingerprint density at radius 1 is 1.25 bits per heavy atom. The highest BCUT2D eigenvalue weighted by molar-refractivity contribution is 6.33. The number of carbonyl (C=O) groups is 2. The molecule has 0 atom stereocenters. The number of esters is 2. The fraction of sp³-hybridized carbons (Fsp3) is 0.333. The SMILES string of the molecule is COC(=O)c1ccc(/C=C/C(=O)OC(C)(C)C)cc1Cl. The van der Waals surface area contributed by atoms with E-state index in [-0.39, 0.29) is 10.6 Å². The van der Waals surface area contributed by atoms with E-state index in [2.05, 4.69) is 4.74 Å². The van der Waals surface area contributed by atoms with Crippen molar-refractivity contribution in [2.24, 2.45) is 0 Å². The van der Waals surface area contributed by atoms with Crippen LogP contribution in [-0.2, 0) is 14.3 Å². The normalized spacial score (nSPS) is 11.4. The second kappa shape index (κ2) is 6.57. The largest absolute Gasteiger partial charge is 0.465 e. The van der Waals surface area contributed by atoms with Gasteiger partial charge in [-0.1, -0.05) is 17.7 Å². The van der Waals surface area contributed by atoms with Gasteiger partial charge >= 0.3 is 11.9 Å². The van der Waals surface area contributed by atoms with Gasteiger partial charge in [0.15, 0.2) is 0 Å². The zero-order chi connectivity index (χ0) is 15.3. The summed E-state index contributed by atoms with van der Waals surface area (Å²) in [5.41, 5.74) is 0.436. The molecule has 1 rings (SSSR count). The monoisotopic (exact) mass is 296 g/mol. The van der Waals surface area contributed by atoms with Crippen LogP contribution in [0.1, 0.15) is 36.7 Å². The van der Waals surface area contributed by atoms with E-state index in [0.29, 0.717) is 5.56 Å². The Bertz CT molecular complexity index is 541. The molecule has 0 aromatic heterocycles. The van der Waals surface area contributed by atoms with Crippen molar-refractivity contribution in [3.63, 3.8) is 0 Å². The summed E-state index contributed by atoms with van der Waals surface area (Å²) in [6, 6.07) is 4.79. The number of benzene rings is 1. The third kappa shape index (κ3) is 5.05. The van der Waals surface area contributed by atoms with Gasteiger partial charge in [0.25, 0.3) is 0 Å². The lowest BCUT2D eigenvalue weighted by atomic mass is 10.1. The molecule has 0 bridgehead atoms. The third-order valence-corrected chi connectivity index (χ3v) is 2.53. The van der Waals surface area contributed by atoms with Gasteiger partial charge in [0.05, 0.1) is 17.7 Å². The van der Waals surface area contributed by atoms with E-state index < -0.39 is 17.5 Å². The number of hydrogen-bond donors (Lipinski definition) is 0. The van der Waals surface area contributed by atoms with Crippen molar-refractivity contribution in [2.75, 3.05) is 7.11 Å². The maximum atomic E-state index is 11.5. The van der Waals surface area contributed by atoms with E-state index in [0.717, 1.165) is 0 Å². The molecule has 0 heterocycles. The van der Waals surface area contributed by atoms with E-state index in [9.17, 15) is 9.59 Å². The van der Waals surface area contributed by atoms with Gasteiger partial charge in [0.2, 0.25) is 0 Å². The molecule has 0 amide bonds. The fourth-order valence-corrected chi connectivity index (χ4v) is 1.68. The topological polar surface area (TPSA) is 52.6 Å². The lowest BCUT2D eigenvalue weighted by molar-refractivity contribution is -0.148. The van der Waals surface area contributed by atoms with Crippen molar-refractivity contribution in [1.82, 2.24) is 0 Å². The Balaban J connectivity index is 2.82. The van der Waals surface area contributed by atoms with E-state index in [1.54, 1.807) is 45.0 Å². The number of methoxy groups -OCH3 is 1. The molecule has 20 heavy (non-hydrogen) atoms. The fourth-order valence-electron chi connectivity index (χ4n) is 1.41. The summed E-state index contributed by atoms with van der Waals surface area (Å²) in [5, 5.41) is 0.267. The van der Waals surface area contributed by atoms with Crippen LogP contribution in [0.2, 0.25) is 5.02 Å². The molecule has 0 aliphatic carbocycles. The molecule has 0 spiro atoms. The Labute approximate surface area is 123 Å². The summed E-state index contributed by atoms with van der Waals surface area (Å²) < 4.78 is 9.73. The highest BCUT2D eigenvalue weighted by Crippen LogP contribution is 2.19. The molecule has 0 unspecified atom stereocenters.